The molecule has 1 aromatic heterocycles. The third kappa shape index (κ3) is 3.45. The first-order valence-electron chi connectivity index (χ1n) is 5.87. The maximum absolute atomic E-state index is 11.6. The topological polar surface area (TPSA) is 76.2 Å². The van der Waals surface area contributed by atoms with Crippen LogP contribution in [0.15, 0.2) is 12.3 Å². The summed E-state index contributed by atoms with van der Waals surface area (Å²) in [6.45, 7) is 3.17. The number of nitrogens with zero attached hydrogens (tertiary/aromatic N) is 3. The van der Waals surface area contributed by atoms with Crippen molar-refractivity contribution in [3.63, 3.8) is 0 Å². The van der Waals surface area contributed by atoms with Crippen molar-refractivity contribution in [3.05, 3.63) is 12.3 Å². The average molecular weight is 237 g/mol. The number of likely N-dealkylation sites (tertiary alicyclic amines) is 1. The van der Waals surface area contributed by atoms with Gasteiger partial charge < -0.3 is 16.0 Å². The van der Waals surface area contributed by atoms with E-state index in [1.807, 2.05) is 0 Å². The monoisotopic (exact) mass is 237 g/mol. The number of hydrogen-bond donors (Lipinski definition) is 2. The molecule has 1 amide bonds. The summed E-state index contributed by atoms with van der Waals surface area (Å²) in [4.78, 5) is 13.9. The number of hydrogen-bond acceptors (Lipinski definition) is 4. The Balaban J connectivity index is 1.71. The van der Waals surface area contributed by atoms with Crippen LogP contribution in [0.1, 0.15) is 6.42 Å². The Morgan fingerprint density at radius 3 is 3.12 bits per heavy atom. The summed E-state index contributed by atoms with van der Waals surface area (Å²) in [5.41, 5.74) is 5.47. The van der Waals surface area contributed by atoms with E-state index in [0.717, 1.165) is 26.1 Å². The summed E-state index contributed by atoms with van der Waals surface area (Å²) in [5, 5.41) is 6.90. The molecule has 0 saturated carbocycles. The van der Waals surface area contributed by atoms with Gasteiger partial charge in [-0.2, -0.15) is 5.10 Å². The van der Waals surface area contributed by atoms with Crippen LogP contribution >= 0.6 is 0 Å². The summed E-state index contributed by atoms with van der Waals surface area (Å²) in [5.74, 6) is 1.00. The normalized spacial score (nSPS) is 20.6. The molecule has 1 aliphatic rings. The van der Waals surface area contributed by atoms with Crippen molar-refractivity contribution >= 4 is 11.7 Å². The molecule has 0 aromatic carbocycles. The zero-order valence-corrected chi connectivity index (χ0v) is 10.1. The molecule has 1 fully saturated rings. The molecule has 0 aliphatic carbocycles. The van der Waals surface area contributed by atoms with Crippen LogP contribution < -0.4 is 11.1 Å². The smallest absolute Gasteiger partial charge is 0.241 e. The van der Waals surface area contributed by atoms with Gasteiger partial charge >= 0.3 is 0 Å². The lowest BCUT2D eigenvalue weighted by Crippen LogP contribution is -2.33. The Labute approximate surface area is 101 Å². The Morgan fingerprint density at radius 1 is 1.71 bits per heavy atom. The fraction of sp³-hybridized carbons (Fsp3) is 0.636. The molecule has 1 aromatic rings. The van der Waals surface area contributed by atoms with Crippen LogP contribution in [-0.2, 0) is 11.3 Å². The lowest BCUT2D eigenvalue weighted by atomic mass is 10.1. The summed E-state index contributed by atoms with van der Waals surface area (Å²) in [7, 11) is 2.11. The van der Waals surface area contributed by atoms with Gasteiger partial charge in [0.05, 0.1) is 0 Å². The largest absolute Gasteiger partial charge is 0.382 e. The van der Waals surface area contributed by atoms with Gasteiger partial charge in [0.1, 0.15) is 12.4 Å². The predicted molar refractivity (Wildman–Crippen MR) is 65.3 cm³/mol. The first kappa shape index (κ1) is 11.9. The molecule has 1 saturated heterocycles. The van der Waals surface area contributed by atoms with Crippen molar-refractivity contribution in [1.82, 2.24) is 20.0 Å². The van der Waals surface area contributed by atoms with E-state index >= 15 is 0 Å². The van der Waals surface area contributed by atoms with Gasteiger partial charge in [-0.1, -0.05) is 0 Å². The third-order valence-corrected chi connectivity index (χ3v) is 3.04. The zero-order valence-electron chi connectivity index (χ0n) is 10.1. The Kier molecular flexibility index (Phi) is 3.63. The van der Waals surface area contributed by atoms with Crippen molar-refractivity contribution in [2.75, 3.05) is 32.4 Å². The van der Waals surface area contributed by atoms with E-state index in [0.29, 0.717) is 11.7 Å². The second-order valence-electron chi connectivity index (χ2n) is 4.66. The second kappa shape index (κ2) is 5.18. The van der Waals surface area contributed by atoms with Gasteiger partial charge in [0.25, 0.3) is 0 Å². The minimum absolute atomic E-state index is 0.0114. The molecule has 17 heavy (non-hydrogen) atoms. The number of amides is 1. The van der Waals surface area contributed by atoms with Crippen molar-refractivity contribution < 1.29 is 4.79 Å². The zero-order chi connectivity index (χ0) is 12.3. The van der Waals surface area contributed by atoms with Crippen molar-refractivity contribution in [2.24, 2.45) is 5.92 Å². The first-order chi connectivity index (χ1) is 8.13. The summed E-state index contributed by atoms with van der Waals surface area (Å²) in [6.07, 6.45) is 2.86. The van der Waals surface area contributed by atoms with Gasteiger partial charge in [-0.3, -0.25) is 9.48 Å². The number of nitrogen functional groups attached to an aromatic ring is 1. The van der Waals surface area contributed by atoms with E-state index in [9.17, 15) is 4.79 Å². The minimum Gasteiger partial charge on any atom is -0.382 e. The van der Waals surface area contributed by atoms with Crippen molar-refractivity contribution in [3.8, 4) is 0 Å². The fourth-order valence-electron chi connectivity index (χ4n) is 2.12. The average Bonchev–Trinajstić information content (AvgIpc) is 2.85. The number of carbonyl (C=O) groups is 1. The van der Waals surface area contributed by atoms with Crippen LogP contribution in [-0.4, -0.2) is 47.3 Å². The lowest BCUT2D eigenvalue weighted by Gasteiger charge is -2.11. The van der Waals surface area contributed by atoms with Crippen molar-refractivity contribution in [2.45, 2.75) is 13.0 Å². The molecule has 94 valence electrons. The highest BCUT2D eigenvalue weighted by Crippen LogP contribution is 2.12. The first-order valence-corrected chi connectivity index (χ1v) is 5.87. The Bertz CT molecular complexity index is 389. The van der Waals surface area contributed by atoms with Crippen LogP contribution in [0.4, 0.5) is 5.82 Å². The van der Waals surface area contributed by atoms with Crippen LogP contribution in [0, 0.1) is 5.92 Å². The quantitative estimate of drug-likeness (QED) is 0.742. The van der Waals surface area contributed by atoms with E-state index in [2.05, 4.69) is 22.4 Å². The molecule has 1 atom stereocenters. The molecule has 1 aliphatic heterocycles. The molecule has 0 radical (unpaired) electrons. The number of anilines is 1. The van der Waals surface area contributed by atoms with Gasteiger partial charge in [0.15, 0.2) is 0 Å². The Hall–Kier alpha value is -1.56. The van der Waals surface area contributed by atoms with Gasteiger partial charge in [-0.05, 0) is 32.0 Å². The molecule has 3 N–H and O–H groups in total. The number of nitrogens with two attached hydrogens (primary N) is 1. The molecule has 0 bridgehead atoms. The molecule has 2 heterocycles. The third-order valence-electron chi connectivity index (χ3n) is 3.04. The standard InChI is InChI=1S/C11H19N5O/c1-15-4-2-9(7-15)6-13-11(17)8-16-5-3-10(12)14-16/h3,5,9H,2,4,6-8H2,1H3,(H2,12,14)(H,13,17). The summed E-state index contributed by atoms with van der Waals surface area (Å²) < 4.78 is 1.55. The number of rotatable bonds is 4. The number of carbonyl (C=O) groups excluding carboxylic acids is 1. The van der Waals surface area contributed by atoms with Gasteiger partial charge in [0, 0.05) is 19.3 Å². The van der Waals surface area contributed by atoms with E-state index in [1.54, 1.807) is 16.9 Å². The molecule has 1 unspecified atom stereocenters. The van der Waals surface area contributed by atoms with E-state index < -0.39 is 0 Å². The fourth-order valence-corrected chi connectivity index (χ4v) is 2.12. The molecule has 6 nitrogen and oxygen atoms in total. The molecule has 6 heteroatoms. The molecular formula is C11H19N5O. The van der Waals surface area contributed by atoms with Crippen LogP contribution in [0.3, 0.4) is 0 Å². The Morgan fingerprint density at radius 2 is 2.53 bits per heavy atom. The highest BCUT2D eigenvalue weighted by molar-refractivity contribution is 5.75. The predicted octanol–water partition coefficient (Wildman–Crippen LogP) is -0.467. The van der Waals surface area contributed by atoms with Crippen LogP contribution in [0.2, 0.25) is 0 Å². The SMILES string of the molecule is CN1CCC(CNC(=O)Cn2ccc(N)n2)C1. The van der Waals surface area contributed by atoms with E-state index in [-0.39, 0.29) is 12.5 Å². The van der Waals surface area contributed by atoms with E-state index in [4.69, 9.17) is 5.73 Å². The molecular weight excluding hydrogens is 218 g/mol. The summed E-state index contributed by atoms with van der Waals surface area (Å²) >= 11 is 0. The molecule has 0 spiro atoms. The highest BCUT2D eigenvalue weighted by atomic mass is 16.2. The summed E-state index contributed by atoms with van der Waals surface area (Å²) in [6, 6.07) is 1.68. The highest BCUT2D eigenvalue weighted by Gasteiger charge is 2.19. The van der Waals surface area contributed by atoms with E-state index in [1.165, 1.54) is 0 Å². The van der Waals surface area contributed by atoms with Gasteiger partial charge in [-0.15, -0.1) is 0 Å². The number of nitrogens with one attached hydrogen (secondary N) is 1. The van der Waals surface area contributed by atoms with Crippen molar-refractivity contribution in [1.29, 1.82) is 0 Å². The molecule has 2 rings (SSSR count). The minimum atomic E-state index is -0.0114. The second-order valence-corrected chi connectivity index (χ2v) is 4.66. The van der Waals surface area contributed by atoms with Crippen LogP contribution in [0.5, 0.6) is 0 Å². The van der Waals surface area contributed by atoms with Crippen LogP contribution in [0.25, 0.3) is 0 Å². The van der Waals surface area contributed by atoms with Gasteiger partial charge in [-0.25, -0.2) is 0 Å². The maximum atomic E-state index is 11.6. The number of aromatic nitrogens is 2. The lowest BCUT2D eigenvalue weighted by molar-refractivity contribution is -0.122. The maximum Gasteiger partial charge on any atom is 0.241 e. The van der Waals surface area contributed by atoms with Gasteiger partial charge in [0.2, 0.25) is 5.91 Å².